The Balaban J connectivity index is 1.31. The lowest BCUT2D eigenvalue weighted by molar-refractivity contribution is -0.138. The van der Waals surface area contributed by atoms with E-state index in [0.717, 1.165) is 17.5 Å². The second kappa shape index (κ2) is 8.72. The molecule has 8 nitrogen and oxygen atoms in total. The minimum Gasteiger partial charge on any atom is -0.380 e. The summed E-state index contributed by atoms with van der Waals surface area (Å²) in [4.78, 5) is 24.6. The molecule has 2 amide bonds. The van der Waals surface area contributed by atoms with E-state index in [9.17, 15) is 9.59 Å². The summed E-state index contributed by atoms with van der Waals surface area (Å²) < 4.78 is 7.28. The molecule has 2 aliphatic rings. The molecule has 3 heterocycles. The highest BCUT2D eigenvalue weighted by Crippen LogP contribution is 2.42. The molecule has 0 radical (unpaired) electrons. The minimum absolute atomic E-state index is 0.166. The van der Waals surface area contributed by atoms with E-state index in [1.807, 2.05) is 47.1 Å². The molecule has 0 bridgehead atoms. The number of hydrogen-bond acceptors (Lipinski definition) is 5. The van der Waals surface area contributed by atoms with Crippen molar-refractivity contribution >= 4 is 17.3 Å². The second-order valence-corrected chi connectivity index (χ2v) is 8.57. The van der Waals surface area contributed by atoms with Crippen LogP contribution in [0, 0.1) is 5.92 Å². The zero-order valence-electron chi connectivity index (χ0n) is 17.7. The van der Waals surface area contributed by atoms with Crippen molar-refractivity contribution in [2.24, 2.45) is 5.92 Å². The number of rotatable bonds is 6. The fraction of sp³-hybridized carbons (Fsp3) is 0.375. The molecule has 0 unspecified atom stereocenters. The standard InChI is InChI=1S/C24H26N4O4/c29-23(25-20-10-12-32-14-19(20)24(30)27-31)17-6-4-15(5-7-17)13-18-21-3-1-2-11-28(21)26-22(18)16-8-9-16/h1-7,11,16,19-20,31H,8-10,12-14H2,(H,25,29)(H,27,30)/t19-,20+/m0/s1. The SMILES string of the molecule is O=C(N[C@@H]1CCOC[C@@H]1C(=O)NO)c1ccc(Cc2c(C3CC3)nn3ccccc23)cc1. The van der Waals surface area contributed by atoms with E-state index < -0.39 is 11.8 Å². The van der Waals surface area contributed by atoms with Crippen LogP contribution in [0.3, 0.4) is 0 Å². The monoisotopic (exact) mass is 434 g/mol. The van der Waals surface area contributed by atoms with Crippen LogP contribution in [-0.4, -0.2) is 45.9 Å². The summed E-state index contributed by atoms with van der Waals surface area (Å²) in [5, 5.41) is 16.7. The largest absolute Gasteiger partial charge is 0.380 e. The zero-order valence-corrected chi connectivity index (χ0v) is 17.7. The highest BCUT2D eigenvalue weighted by atomic mass is 16.5. The van der Waals surface area contributed by atoms with Gasteiger partial charge in [0.1, 0.15) is 0 Å². The molecule has 1 saturated heterocycles. The number of carbonyl (C=O) groups is 2. The van der Waals surface area contributed by atoms with E-state index in [1.54, 1.807) is 5.48 Å². The van der Waals surface area contributed by atoms with E-state index >= 15 is 0 Å². The van der Waals surface area contributed by atoms with Crippen molar-refractivity contribution in [3.63, 3.8) is 0 Å². The van der Waals surface area contributed by atoms with Gasteiger partial charge in [-0.1, -0.05) is 18.2 Å². The highest BCUT2D eigenvalue weighted by Gasteiger charge is 2.33. The van der Waals surface area contributed by atoms with E-state index in [-0.39, 0.29) is 18.6 Å². The number of hydrogen-bond donors (Lipinski definition) is 3. The molecule has 3 N–H and O–H groups in total. The Bertz CT molecular complexity index is 1140. The van der Waals surface area contributed by atoms with E-state index in [2.05, 4.69) is 11.4 Å². The van der Waals surface area contributed by atoms with Crippen LogP contribution in [0.5, 0.6) is 0 Å². The van der Waals surface area contributed by atoms with Crippen molar-refractivity contribution in [1.29, 1.82) is 0 Å². The van der Waals surface area contributed by atoms with Gasteiger partial charge in [0.15, 0.2) is 0 Å². The second-order valence-electron chi connectivity index (χ2n) is 8.57. The van der Waals surface area contributed by atoms with Gasteiger partial charge in [0.05, 0.1) is 23.7 Å². The number of amides is 2. The maximum atomic E-state index is 12.8. The third-order valence-electron chi connectivity index (χ3n) is 6.35. The van der Waals surface area contributed by atoms with Gasteiger partial charge in [-0.25, -0.2) is 10.00 Å². The number of ether oxygens (including phenoxy) is 1. The number of carbonyl (C=O) groups excluding carboxylic acids is 2. The maximum Gasteiger partial charge on any atom is 0.251 e. The predicted molar refractivity (Wildman–Crippen MR) is 117 cm³/mol. The minimum atomic E-state index is -0.617. The van der Waals surface area contributed by atoms with Gasteiger partial charge in [-0.15, -0.1) is 0 Å². The molecule has 2 atom stereocenters. The van der Waals surface area contributed by atoms with Gasteiger partial charge in [-0.05, 0) is 49.1 Å². The summed E-state index contributed by atoms with van der Waals surface area (Å²) >= 11 is 0. The lowest BCUT2D eigenvalue weighted by Gasteiger charge is -2.30. The first-order chi connectivity index (χ1) is 15.6. The Morgan fingerprint density at radius 2 is 1.94 bits per heavy atom. The number of nitrogens with zero attached hydrogens (tertiary/aromatic N) is 2. The third kappa shape index (κ3) is 4.11. The molecule has 2 aromatic heterocycles. The molecule has 1 saturated carbocycles. The smallest absolute Gasteiger partial charge is 0.251 e. The van der Waals surface area contributed by atoms with Gasteiger partial charge in [0.2, 0.25) is 0 Å². The number of benzene rings is 1. The van der Waals surface area contributed by atoms with E-state index in [0.29, 0.717) is 24.5 Å². The zero-order chi connectivity index (χ0) is 22.1. The Morgan fingerprint density at radius 3 is 2.69 bits per heavy atom. The normalized spacial score (nSPS) is 20.8. The Labute approximate surface area is 185 Å². The lowest BCUT2D eigenvalue weighted by Crippen LogP contribution is -2.51. The van der Waals surface area contributed by atoms with Crippen LogP contribution in [0.2, 0.25) is 0 Å². The van der Waals surface area contributed by atoms with E-state index in [1.165, 1.54) is 24.1 Å². The summed E-state index contributed by atoms with van der Waals surface area (Å²) in [5.41, 5.74) is 6.88. The first kappa shape index (κ1) is 20.7. The van der Waals surface area contributed by atoms with Crippen molar-refractivity contribution in [2.45, 2.75) is 37.6 Å². The molecule has 32 heavy (non-hydrogen) atoms. The molecule has 8 heteroatoms. The molecule has 5 rings (SSSR count). The molecular formula is C24H26N4O4. The average Bonchev–Trinajstić information content (AvgIpc) is 3.61. The summed E-state index contributed by atoms with van der Waals surface area (Å²) in [6.07, 6.45) is 5.65. The molecule has 3 aromatic rings. The Kier molecular flexibility index (Phi) is 5.63. The summed E-state index contributed by atoms with van der Waals surface area (Å²) in [5.74, 6) is -0.856. The van der Waals surface area contributed by atoms with Gasteiger partial charge in [-0.2, -0.15) is 5.10 Å². The summed E-state index contributed by atoms with van der Waals surface area (Å²) in [6, 6.07) is 13.3. The van der Waals surface area contributed by atoms with Crippen molar-refractivity contribution in [3.8, 4) is 0 Å². The molecule has 1 aliphatic heterocycles. The fourth-order valence-electron chi connectivity index (χ4n) is 4.42. The van der Waals surface area contributed by atoms with Crippen molar-refractivity contribution in [1.82, 2.24) is 20.4 Å². The first-order valence-electron chi connectivity index (χ1n) is 11.0. The highest BCUT2D eigenvalue weighted by molar-refractivity contribution is 5.95. The van der Waals surface area contributed by atoms with Crippen LogP contribution in [0.15, 0.2) is 48.7 Å². The molecule has 1 aliphatic carbocycles. The molecule has 0 spiro atoms. The van der Waals surface area contributed by atoms with Gasteiger partial charge < -0.3 is 10.1 Å². The van der Waals surface area contributed by atoms with Gasteiger partial charge >= 0.3 is 0 Å². The van der Waals surface area contributed by atoms with Crippen LogP contribution in [0.4, 0.5) is 0 Å². The quantitative estimate of drug-likeness (QED) is 0.408. The van der Waals surface area contributed by atoms with Crippen LogP contribution < -0.4 is 10.8 Å². The van der Waals surface area contributed by atoms with Crippen molar-refractivity contribution in [3.05, 3.63) is 71.0 Å². The number of aromatic nitrogens is 2. The summed E-state index contributed by atoms with van der Waals surface area (Å²) in [7, 11) is 0. The van der Waals surface area contributed by atoms with Crippen LogP contribution in [0.25, 0.3) is 5.52 Å². The van der Waals surface area contributed by atoms with Crippen molar-refractivity contribution < 1.29 is 19.5 Å². The Hall–Kier alpha value is -3.23. The number of fused-ring (bicyclic) bond motifs is 1. The van der Waals surface area contributed by atoms with Crippen LogP contribution >= 0.6 is 0 Å². The molecule has 1 aromatic carbocycles. The number of pyridine rings is 1. The summed E-state index contributed by atoms with van der Waals surface area (Å²) in [6.45, 7) is 0.626. The van der Waals surface area contributed by atoms with Gasteiger partial charge in [-0.3, -0.25) is 14.8 Å². The average molecular weight is 434 g/mol. The third-order valence-corrected chi connectivity index (χ3v) is 6.35. The van der Waals surface area contributed by atoms with Crippen molar-refractivity contribution in [2.75, 3.05) is 13.2 Å². The maximum absolute atomic E-state index is 12.8. The van der Waals surface area contributed by atoms with Gasteiger partial charge in [0, 0.05) is 42.3 Å². The molecule has 166 valence electrons. The number of hydroxylamine groups is 1. The Morgan fingerprint density at radius 1 is 1.12 bits per heavy atom. The molecule has 2 fully saturated rings. The van der Waals surface area contributed by atoms with Crippen LogP contribution in [-0.2, 0) is 16.0 Å². The fourth-order valence-corrected chi connectivity index (χ4v) is 4.42. The predicted octanol–water partition coefficient (Wildman–Crippen LogP) is 2.44. The van der Waals surface area contributed by atoms with Crippen LogP contribution in [0.1, 0.15) is 52.4 Å². The lowest BCUT2D eigenvalue weighted by atomic mass is 9.94. The van der Waals surface area contributed by atoms with E-state index in [4.69, 9.17) is 15.0 Å². The van der Waals surface area contributed by atoms with Gasteiger partial charge in [0.25, 0.3) is 11.8 Å². The first-order valence-corrected chi connectivity index (χ1v) is 11.0. The number of nitrogens with one attached hydrogen (secondary N) is 2. The molecular weight excluding hydrogens is 408 g/mol. The topological polar surface area (TPSA) is 105 Å².